The molecule has 0 fully saturated rings. The Labute approximate surface area is 81.8 Å². The average molecular weight is 202 g/mol. The van der Waals surface area contributed by atoms with E-state index in [0.29, 0.717) is 10.6 Å². The molecule has 0 saturated heterocycles. The van der Waals surface area contributed by atoms with Gasteiger partial charge < -0.3 is 15.9 Å². The molecule has 1 rings (SSSR count). The third-order valence-electron chi connectivity index (χ3n) is 1.90. The first kappa shape index (κ1) is 10.3. The van der Waals surface area contributed by atoms with Crippen LogP contribution in [0, 0.1) is 0 Å². The maximum Gasteiger partial charge on any atom is 0.120 e. The molecule has 0 aromatic heterocycles. The largest absolute Gasteiger partial charge is 0.508 e. The number of aliphatic hydroxyl groups is 1. The summed E-state index contributed by atoms with van der Waals surface area (Å²) in [6.45, 7) is 1.37. The van der Waals surface area contributed by atoms with Crippen molar-refractivity contribution in [3.63, 3.8) is 0 Å². The first-order valence-corrected chi connectivity index (χ1v) is 4.24. The van der Waals surface area contributed by atoms with Gasteiger partial charge in [0.2, 0.25) is 0 Å². The minimum atomic E-state index is -0.963. The predicted molar refractivity (Wildman–Crippen MR) is 51.7 cm³/mol. The van der Waals surface area contributed by atoms with Crippen molar-refractivity contribution in [2.75, 3.05) is 6.61 Å². The highest BCUT2D eigenvalue weighted by molar-refractivity contribution is 6.30. The number of phenols is 1. The van der Waals surface area contributed by atoms with Gasteiger partial charge in [0.05, 0.1) is 12.1 Å². The van der Waals surface area contributed by atoms with Crippen LogP contribution in [0.15, 0.2) is 18.2 Å². The molecule has 0 aliphatic heterocycles. The highest BCUT2D eigenvalue weighted by atomic mass is 35.5. The van der Waals surface area contributed by atoms with E-state index in [1.807, 2.05) is 0 Å². The molecule has 1 aromatic carbocycles. The monoisotopic (exact) mass is 201 g/mol. The van der Waals surface area contributed by atoms with Crippen molar-refractivity contribution < 1.29 is 10.2 Å². The van der Waals surface area contributed by atoms with Gasteiger partial charge in [0.25, 0.3) is 0 Å². The van der Waals surface area contributed by atoms with Crippen molar-refractivity contribution in [2.45, 2.75) is 12.5 Å². The minimum absolute atomic E-state index is 0.0449. The second-order valence-electron chi connectivity index (χ2n) is 3.24. The molecular formula is C9H12ClNO2. The Balaban J connectivity index is 3.20. The Kier molecular flexibility index (Phi) is 2.81. The van der Waals surface area contributed by atoms with Gasteiger partial charge in [0, 0.05) is 10.6 Å². The zero-order valence-electron chi connectivity index (χ0n) is 7.29. The third-order valence-corrected chi connectivity index (χ3v) is 2.14. The Morgan fingerprint density at radius 1 is 1.54 bits per heavy atom. The van der Waals surface area contributed by atoms with E-state index in [2.05, 4.69) is 0 Å². The van der Waals surface area contributed by atoms with Crippen LogP contribution in [0.2, 0.25) is 5.02 Å². The van der Waals surface area contributed by atoms with Crippen molar-refractivity contribution >= 4 is 11.6 Å². The minimum Gasteiger partial charge on any atom is -0.508 e. The molecular weight excluding hydrogens is 190 g/mol. The van der Waals surface area contributed by atoms with Crippen LogP contribution in [0.4, 0.5) is 0 Å². The summed E-state index contributed by atoms with van der Waals surface area (Å²) in [5.74, 6) is 0.0449. The second-order valence-corrected chi connectivity index (χ2v) is 3.67. The summed E-state index contributed by atoms with van der Waals surface area (Å²) in [7, 11) is 0. The smallest absolute Gasteiger partial charge is 0.120 e. The van der Waals surface area contributed by atoms with Gasteiger partial charge >= 0.3 is 0 Å². The van der Waals surface area contributed by atoms with Crippen LogP contribution in [0.5, 0.6) is 5.75 Å². The van der Waals surface area contributed by atoms with Gasteiger partial charge in [0.15, 0.2) is 0 Å². The van der Waals surface area contributed by atoms with Crippen LogP contribution in [-0.2, 0) is 5.54 Å². The number of hydrogen-bond donors (Lipinski definition) is 3. The van der Waals surface area contributed by atoms with Crippen LogP contribution in [-0.4, -0.2) is 16.8 Å². The van der Waals surface area contributed by atoms with E-state index in [4.69, 9.17) is 22.4 Å². The fourth-order valence-corrected chi connectivity index (χ4v) is 1.22. The van der Waals surface area contributed by atoms with Gasteiger partial charge in [-0.1, -0.05) is 11.6 Å². The van der Waals surface area contributed by atoms with E-state index < -0.39 is 5.54 Å². The highest BCUT2D eigenvalue weighted by Gasteiger charge is 2.23. The van der Waals surface area contributed by atoms with E-state index >= 15 is 0 Å². The normalized spacial score (nSPS) is 15.4. The molecule has 1 atom stereocenters. The molecule has 0 unspecified atom stereocenters. The number of aliphatic hydroxyl groups excluding tert-OH is 1. The summed E-state index contributed by atoms with van der Waals surface area (Å²) >= 11 is 5.73. The van der Waals surface area contributed by atoms with E-state index in [0.717, 1.165) is 0 Å². The summed E-state index contributed by atoms with van der Waals surface area (Å²) in [5.41, 5.74) is 5.22. The van der Waals surface area contributed by atoms with Crippen LogP contribution in [0.3, 0.4) is 0 Å². The number of rotatable bonds is 2. The number of halogens is 1. The molecule has 0 aliphatic carbocycles. The molecule has 0 saturated carbocycles. The summed E-state index contributed by atoms with van der Waals surface area (Å²) in [6, 6.07) is 4.57. The molecule has 0 radical (unpaired) electrons. The zero-order valence-corrected chi connectivity index (χ0v) is 8.04. The van der Waals surface area contributed by atoms with Crippen molar-refractivity contribution in [2.24, 2.45) is 5.73 Å². The number of benzene rings is 1. The summed E-state index contributed by atoms with van der Waals surface area (Å²) in [6.07, 6.45) is 0. The van der Waals surface area contributed by atoms with E-state index in [9.17, 15) is 5.11 Å². The third kappa shape index (κ3) is 2.12. The number of phenolic OH excluding ortho intramolecular Hbond substituents is 1. The lowest BCUT2D eigenvalue weighted by Gasteiger charge is -2.23. The molecule has 4 N–H and O–H groups in total. The van der Waals surface area contributed by atoms with E-state index in [1.54, 1.807) is 19.1 Å². The maximum absolute atomic E-state index is 9.45. The maximum atomic E-state index is 9.45. The van der Waals surface area contributed by atoms with Gasteiger partial charge in [-0.2, -0.15) is 0 Å². The Morgan fingerprint density at radius 2 is 2.15 bits per heavy atom. The SMILES string of the molecule is C[C@@](N)(CO)c1cc(Cl)ccc1O. The van der Waals surface area contributed by atoms with Gasteiger partial charge in [-0.15, -0.1) is 0 Å². The molecule has 1 aromatic rings. The lowest BCUT2D eigenvalue weighted by atomic mass is 9.93. The molecule has 4 heteroatoms. The average Bonchev–Trinajstić information content (AvgIpc) is 2.09. The van der Waals surface area contributed by atoms with Gasteiger partial charge in [0.1, 0.15) is 5.75 Å². The first-order chi connectivity index (χ1) is 5.97. The number of hydrogen-bond acceptors (Lipinski definition) is 3. The molecule has 0 aliphatic rings. The van der Waals surface area contributed by atoms with E-state index in [-0.39, 0.29) is 12.4 Å². The molecule has 13 heavy (non-hydrogen) atoms. The van der Waals surface area contributed by atoms with Crippen LogP contribution in [0.25, 0.3) is 0 Å². The zero-order chi connectivity index (χ0) is 10.1. The quantitative estimate of drug-likeness (QED) is 0.674. The predicted octanol–water partition coefficient (Wildman–Crippen LogP) is 1.21. The fraction of sp³-hybridized carbons (Fsp3) is 0.333. The molecule has 0 bridgehead atoms. The lowest BCUT2D eigenvalue weighted by molar-refractivity contribution is 0.207. The van der Waals surface area contributed by atoms with Crippen molar-refractivity contribution in [3.8, 4) is 5.75 Å². The summed E-state index contributed by atoms with van der Waals surface area (Å²) in [5, 5.41) is 18.9. The second kappa shape index (κ2) is 3.54. The molecule has 0 amide bonds. The van der Waals surface area contributed by atoms with Gasteiger partial charge in [-0.05, 0) is 25.1 Å². The van der Waals surface area contributed by atoms with Crippen LogP contribution < -0.4 is 5.73 Å². The Morgan fingerprint density at radius 3 is 2.69 bits per heavy atom. The summed E-state index contributed by atoms with van der Waals surface area (Å²) < 4.78 is 0. The topological polar surface area (TPSA) is 66.5 Å². The van der Waals surface area contributed by atoms with Gasteiger partial charge in [-0.25, -0.2) is 0 Å². The molecule has 3 nitrogen and oxygen atoms in total. The Bertz CT molecular complexity index is 312. The van der Waals surface area contributed by atoms with E-state index in [1.165, 1.54) is 6.07 Å². The van der Waals surface area contributed by atoms with Crippen molar-refractivity contribution in [3.05, 3.63) is 28.8 Å². The number of aromatic hydroxyl groups is 1. The summed E-state index contributed by atoms with van der Waals surface area (Å²) in [4.78, 5) is 0. The standard InChI is InChI=1S/C9H12ClNO2/c1-9(11,5-12)7-4-6(10)2-3-8(7)13/h2-4,12-13H,5,11H2,1H3/t9-/m1/s1. The van der Waals surface area contributed by atoms with Crippen LogP contribution >= 0.6 is 11.6 Å². The van der Waals surface area contributed by atoms with Crippen LogP contribution in [0.1, 0.15) is 12.5 Å². The Hall–Kier alpha value is -0.770. The van der Waals surface area contributed by atoms with Gasteiger partial charge in [-0.3, -0.25) is 0 Å². The molecule has 72 valence electrons. The highest BCUT2D eigenvalue weighted by Crippen LogP contribution is 2.29. The number of nitrogens with two attached hydrogens (primary N) is 1. The lowest BCUT2D eigenvalue weighted by Crippen LogP contribution is -2.36. The molecule has 0 heterocycles. The fourth-order valence-electron chi connectivity index (χ4n) is 1.05. The van der Waals surface area contributed by atoms with Crippen molar-refractivity contribution in [1.29, 1.82) is 0 Å². The molecule has 0 spiro atoms. The van der Waals surface area contributed by atoms with Crippen molar-refractivity contribution in [1.82, 2.24) is 0 Å². The first-order valence-electron chi connectivity index (χ1n) is 3.86.